The van der Waals surface area contributed by atoms with Crippen molar-refractivity contribution in [2.45, 2.75) is 46.1 Å². The van der Waals surface area contributed by atoms with Crippen molar-refractivity contribution in [1.82, 2.24) is 4.98 Å². The number of nitrogens with zero attached hydrogens (tertiary/aromatic N) is 1. The van der Waals surface area contributed by atoms with E-state index in [1.165, 1.54) is 6.20 Å². The summed E-state index contributed by atoms with van der Waals surface area (Å²) in [6, 6.07) is 3.30. The van der Waals surface area contributed by atoms with E-state index in [1.54, 1.807) is 32.9 Å². The maximum absolute atomic E-state index is 11.9. The minimum atomic E-state index is -0.592. The first-order valence-corrected chi connectivity index (χ1v) is 6.31. The number of ether oxygens (including phenoxy) is 1. The first kappa shape index (κ1) is 15.1. The number of rotatable bonds is 4. The van der Waals surface area contributed by atoms with Crippen molar-refractivity contribution in [1.29, 1.82) is 0 Å². The monoisotopic (exact) mass is 266 g/mol. The lowest BCUT2D eigenvalue weighted by Gasteiger charge is -2.20. The smallest absolute Gasteiger partial charge is 0.412 e. The Bertz CT molecular complexity index is 470. The van der Waals surface area contributed by atoms with Gasteiger partial charge in [0.15, 0.2) is 5.78 Å². The molecule has 1 heterocycles. The van der Waals surface area contributed by atoms with Gasteiger partial charge in [0, 0.05) is 14.0 Å². The van der Waals surface area contributed by atoms with Crippen molar-refractivity contribution >= 4 is 17.6 Å². The summed E-state index contributed by atoms with van der Waals surface area (Å²) in [5.41, 5.74) is 0.0743. The van der Waals surface area contributed by atoms with Crippen LogP contribution < -0.4 is 5.32 Å². The second kappa shape index (κ2) is 6.31. The van der Waals surface area contributed by atoms with Crippen molar-refractivity contribution < 1.29 is 15.8 Å². The first-order chi connectivity index (χ1) is 8.83. The molecule has 1 aromatic rings. The van der Waals surface area contributed by atoms with Crippen LogP contribution in [0.25, 0.3) is 0 Å². The normalized spacial score (nSPS) is 10.9. The summed E-state index contributed by atoms with van der Waals surface area (Å²) in [5.74, 6) is -0.0887. The number of carbonyl (C=O) groups excluding carboxylic acids is 2. The molecule has 1 N–H and O–H groups in total. The molecule has 0 spiro atoms. The van der Waals surface area contributed by atoms with Crippen LogP contribution in [-0.2, 0) is 4.74 Å². The third kappa shape index (κ3) is 5.07. The molecule has 5 heteroatoms. The summed E-state index contributed by atoms with van der Waals surface area (Å²) < 4.78 is 5.15. The largest absolute Gasteiger partial charge is 0.444 e. The first-order valence-electron chi connectivity index (χ1n) is 6.31. The maximum Gasteiger partial charge on any atom is 0.412 e. The molecule has 1 rings (SSSR count). The Morgan fingerprint density at radius 3 is 2.68 bits per heavy atom. The number of nitrogens with one attached hydrogen (secondary N) is 1. The van der Waals surface area contributed by atoms with Crippen LogP contribution in [0.5, 0.6) is 0 Å². The zero-order valence-corrected chi connectivity index (χ0v) is 11.8. The molecule has 0 aromatic carbocycles. The Kier molecular flexibility index (Phi) is 5.03. The Morgan fingerprint density at radius 2 is 2.11 bits per heavy atom. The number of Topliss-reactive ketones (excluding diaryl/α,β-unsaturated/α-hetero) is 1. The van der Waals surface area contributed by atoms with Gasteiger partial charge in [0.1, 0.15) is 11.3 Å². The zero-order chi connectivity index (χ0) is 14.5. The van der Waals surface area contributed by atoms with Gasteiger partial charge in [-0.1, -0.05) is 6.92 Å². The number of anilines is 1. The lowest BCUT2D eigenvalue weighted by Crippen LogP contribution is -2.27. The minimum absolute atomic E-state index is 0. The van der Waals surface area contributed by atoms with E-state index in [1.807, 2.05) is 6.92 Å². The standard InChI is InChI=1S/C14H20N2O3.H2/c1-5-7-11(17)12-10(8-6-9-15-12)16-13(18)19-14(2,3)4;/h6,8-9H,5,7H2,1-4H3,(H,16,18);1H. The van der Waals surface area contributed by atoms with Crippen molar-refractivity contribution in [3.05, 3.63) is 24.0 Å². The molecule has 0 aliphatic heterocycles. The number of pyridine rings is 1. The molecule has 0 unspecified atom stereocenters. The van der Waals surface area contributed by atoms with E-state index in [-0.39, 0.29) is 12.9 Å². The molecule has 0 fully saturated rings. The van der Waals surface area contributed by atoms with Gasteiger partial charge in [-0.2, -0.15) is 0 Å². The number of hydrogen-bond acceptors (Lipinski definition) is 4. The number of aromatic nitrogens is 1. The van der Waals surface area contributed by atoms with Gasteiger partial charge in [0.2, 0.25) is 0 Å². The molecule has 0 bridgehead atoms. The highest BCUT2D eigenvalue weighted by Gasteiger charge is 2.19. The van der Waals surface area contributed by atoms with Crippen molar-refractivity contribution in [3.8, 4) is 0 Å². The van der Waals surface area contributed by atoms with E-state index in [0.29, 0.717) is 12.1 Å². The lowest BCUT2D eigenvalue weighted by molar-refractivity contribution is 0.0636. The maximum atomic E-state index is 11.9. The fraction of sp³-hybridized carbons (Fsp3) is 0.500. The second-order valence-corrected chi connectivity index (χ2v) is 5.20. The molecule has 0 atom stereocenters. The average molecular weight is 266 g/mol. The molecule has 5 nitrogen and oxygen atoms in total. The quantitative estimate of drug-likeness (QED) is 0.844. The van der Waals surface area contributed by atoms with E-state index in [2.05, 4.69) is 10.3 Å². The van der Waals surface area contributed by atoms with E-state index in [4.69, 9.17) is 4.74 Å². The van der Waals surface area contributed by atoms with Crippen molar-refractivity contribution in [2.75, 3.05) is 5.32 Å². The van der Waals surface area contributed by atoms with Gasteiger partial charge in [-0.05, 0) is 39.3 Å². The summed E-state index contributed by atoms with van der Waals surface area (Å²) >= 11 is 0. The molecular formula is C14H22N2O3. The van der Waals surface area contributed by atoms with Gasteiger partial charge in [0.25, 0.3) is 0 Å². The van der Waals surface area contributed by atoms with Gasteiger partial charge in [-0.25, -0.2) is 4.79 Å². The SMILES string of the molecule is CCCC(=O)c1ncccc1NC(=O)OC(C)(C)C.[HH]. The molecule has 19 heavy (non-hydrogen) atoms. The van der Waals surface area contributed by atoms with Crippen LogP contribution in [0.4, 0.5) is 10.5 Å². The summed E-state index contributed by atoms with van der Waals surface area (Å²) in [4.78, 5) is 27.6. The van der Waals surface area contributed by atoms with Crippen LogP contribution in [0, 0.1) is 0 Å². The fourth-order valence-electron chi connectivity index (χ4n) is 1.49. The van der Waals surface area contributed by atoms with Crippen LogP contribution in [0.2, 0.25) is 0 Å². The van der Waals surface area contributed by atoms with Crippen LogP contribution in [0.3, 0.4) is 0 Å². The zero-order valence-electron chi connectivity index (χ0n) is 11.8. The van der Waals surface area contributed by atoms with Crippen LogP contribution in [-0.4, -0.2) is 22.5 Å². The Labute approximate surface area is 114 Å². The lowest BCUT2D eigenvalue weighted by atomic mass is 10.1. The topological polar surface area (TPSA) is 68.3 Å². The minimum Gasteiger partial charge on any atom is -0.444 e. The van der Waals surface area contributed by atoms with Crippen molar-refractivity contribution in [2.24, 2.45) is 0 Å². The molecule has 0 radical (unpaired) electrons. The number of amides is 1. The predicted molar refractivity (Wildman–Crippen MR) is 75.4 cm³/mol. The number of hydrogen-bond donors (Lipinski definition) is 1. The van der Waals surface area contributed by atoms with Gasteiger partial charge in [0.05, 0.1) is 5.69 Å². The van der Waals surface area contributed by atoms with Crippen LogP contribution in [0.15, 0.2) is 18.3 Å². The Morgan fingerprint density at radius 1 is 1.42 bits per heavy atom. The van der Waals surface area contributed by atoms with Gasteiger partial charge in [-0.15, -0.1) is 0 Å². The van der Waals surface area contributed by atoms with Gasteiger partial charge in [-0.3, -0.25) is 15.1 Å². The van der Waals surface area contributed by atoms with Gasteiger partial charge < -0.3 is 4.74 Å². The predicted octanol–water partition coefficient (Wildman–Crippen LogP) is 3.66. The Hall–Kier alpha value is -1.91. The molecule has 0 aliphatic rings. The molecular weight excluding hydrogens is 244 g/mol. The fourth-order valence-corrected chi connectivity index (χ4v) is 1.49. The molecule has 0 aliphatic carbocycles. The Balaban J connectivity index is 0.00000361. The third-order valence-corrected chi connectivity index (χ3v) is 2.18. The van der Waals surface area contributed by atoms with E-state index in [0.717, 1.165) is 6.42 Å². The molecule has 1 aromatic heterocycles. The van der Waals surface area contributed by atoms with E-state index in [9.17, 15) is 9.59 Å². The summed E-state index contributed by atoms with van der Waals surface area (Å²) in [7, 11) is 0. The number of ketones is 1. The average Bonchev–Trinajstić information content (AvgIpc) is 2.27. The van der Waals surface area contributed by atoms with Crippen LogP contribution >= 0.6 is 0 Å². The second-order valence-electron chi connectivity index (χ2n) is 5.20. The summed E-state index contributed by atoms with van der Waals surface area (Å²) in [6.07, 6.45) is 2.08. The highest BCUT2D eigenvalue weighted by Crippen LogP contribution is 2.16. The highest BCUT2D eigenvalue weighted by molar-refractivity contribution is 6.02. The molecule has 1 amide bonds. The third-order valence-electron chi connectivity index (χ3n) is 2.18. The van der Waals surface area contributed by atoms with E-state index >= 15 is 0 Å². The van der Waals surface area contributed by atoms with E-state index < -0.39 is 11.7 Å². The molecule has 0 saturated heterocycles. The summed E-state index contributed by atoms with van der Waals surface area (Å²) in [5, 5.41) is 2.56. The molecule has 0 saturated carbocycles. The number of carbonyl (C=O) groups is 2. The highest BCUT2D eigenvalue weighted by atomic mass is 16.6. The molecule has 106 valence electrons. The van der Waals surface area contributed by atoms with Crippen molar-refractivity contribution in [3.63, 3.8) is 0 Å². The van der Waals surface area contributed by atoms with Crippen LogP contribution in [0.1, 0.15) is 52.5 Å². The summed E-state index contributed by atoms with van der Waals surface area (Å²) in [6.45, 7) is 7.25. The van der Waals surface area contributed by atoms with Gasteiger partial charge >= 0.3 is 6.09 Å².